The third-order valence-corrected chi connectivity index (χ3v) is 3.40. The Bertz CT molecular complexity index is 698. The summed E-state index contributed by atoms with van der Waals surface area (Å²) in [5.74, 6) is 4.81. The summed E-state index contributed by atoms with van der Waals surface area (Å²) < 4.78 is 0. The average Bonchev–Trinajstić information content (AvgIpc) is 2.42. The van der Waals surface area contributed by atoms with E-state index in [1.54, 1.807) is 25.1 Å². The Kier molecular flexibility index (Phi) is 4.26. The van der Waals surface area contributed by atoms with Crippen molar-refractivity contribution in [3.63, 3.8) is 0 Å². The van der Waals surface area contributed by atoms with Crippen LogP contribution in [-0.2, 0) is 0 Å². The summed E-state index contributed by atoms with van der Waals surface area (Å²) in [6, 6.07) is 5.18. The van der Waals surface area contributed by atoms with Gasteiger partial charge in [-0.3, -0.25) is 5.41 Å². The molecule has 2 rings (SSSR count). The molecule has 0 atom stereocenters. The first-order valence-electron chi connectivity index (χ1n) is 5.51. The number of aromatic nitrogens is 2. The molecule has 6 nitrogen and oxygen atoms in total. The van der Waals surface area contributed by atoms with Gasteiger partial charge in [-0.25, -0.2) is 9.97 Å². The van der Waals surface area contributed by atoms with Gasteiger partial charge in [0.15, 0.2) is 5.84 Å². The van der Waals surface area contributed by atoms with E-state index < -0.39 is 0 Å². The molecular formula is C12H10Cl2N6. The highest BCUT2D eigenvalue weighted by Crippen LogP contribution is 2.29. The molecule has 102 valence electrons. The molecule has 0 aliphatic heterocycles. The number of nitrogens with two attached hydrogens (primary N) is 1. The van der Waals surface area contributed by atoms with Crippen molar-refractivity contribution < 1.29 is 0 Å². The number of rotatable bonds is 2. The van der Waals surface area contributed by atoms with E-state index in [4.69, 9.17) is 34.5 Å². The van der Waals surface area contributed by atoms with Crippen LogP contribution < -0.4 is 5.84 Å². The van der Waals surface area contributed by atoms with Crippen molar-refractivity contribution >= 4 is 29.0 Å². The Morgan fingerprint density at radius 1 is 1.25 bits per heavy atom. The molecule has 1 aromatic carbocycles. The molecule has 2 aromatic rings. The quantitative estimate of drug-likeness (QED) is 0.292. The Labute approximate surface area is 125 Å². The van der Waals surface area contributed by atoms with Gasteiger partial charge < -0.3 is 5.84 Å². The predicted molar refractivity (Wildman–Crippen MR) is 78.1 cm³/mol. The summed E-state index contributed by atoms with van der Waals surface area (Å²) in [5, 5.41) is 15.2. The number of hydrogen-bond donors (Lipinski definition) is 2. The van der Waals surface area contributed by atoms with Crippen LogP contribution in [0.3, 0.4) is 0 Å². The normalized spacial score (nSPS) is 10.9. The number of nitrogens with zero attached hydrogens (tertiary/aromatic N) is 4. The van der Waals surface area contributed by atoms with Gasteiger partial charge in [-0.05, 0) is 19.1 Å². The van der Waals surface area contributed by atoms with Crippen LogP contribution in [0.15, 0.2) is 34.9 Å². The Hall–Kier alpha value is -2.05. The van der Waals surface area contributed by atoms with Crippen molar-refractivity contribution in [1.29, 1.82) is 5.41 Å². The van der Waals surface area contributed by atoms with E-state index in [1.807, 2.05) is 0 Å². The van der Waals surface area contributed by atoms with E-state index in [0.717, 1.165) is 5.56 Å². The number of nitrogens with one attached hydrogen (secondary N) is 1. The molecule has 0 saturated heterocycles. The van der Waals surface area contributed by atoms with Gasteiger partial charge in [0.25, 0.3) is 0 Å². The zero-order chi connectivity index (χ0) is 14.7. The molecule has 0 radical (unpaired) electrons. The molecule has 8 heteroatoms. The standard InChI is InChI=1S/C12H10Cl2N6/c1-6-10(7-2-3-8(13)9(14)4-7)17-5-18-11(6)12(15)19-20-16/h2-5H,1H3,(H3,15,16,19). The first-order valence-corrected chi connectivity index (χ1v) is 6.27. The largest absolute Gasteiger partial charge is 0.305 e. The van der Waals surface area contributed by atoms with Gasteiger partial charge in [-0.2, -0.15) is 0 Å². The lowest BCUT2D eigenvalue weighted by atomic mass is 10.1. The molecule has 0 saturated carbocycles. The maximum absolute atomic E-state index is 7.73. The molecule has 0 aliphatic rings. The molecule has 1 heterocycles. The van der Waals surface area contributed by atoms with Gasteiger partial charge in [0, 0.05) is 11.1 Å². The van der Waals surface area contributed by atoms with E-state index in [0.29, 0.717) is 27.0 Å². The molecule has 0 amide bonds. The highest BCUT2D eigenvalue weighted by atomic mass is 35.5. The summed E-state index contributed by atoms with van der Waals surface area (Å²) in [5.41, 5.74) is 2.46. The molecule has 0 fully saturated rings. The maximum Gasteiger partial charge on any atom is 0.195 e. The van der Waals surface area contributed by atoms with Crippen molar-refractivity contribution in [2.24, 2.45) is 16.2 Å². The fourth-order valence-corrected chi connectivity index (χ4v) is 2.03. The summed E-state index contributed by atoms with van der Waals surface area (Å²) in [6.07, 6.45) is 1.35. The van der Waals surface area contributed by atoms with Crippen molar-refractivity contribution in [3.05, 3.63) is 45.8 Å². The number of halogens is 2. The van der Waals surface area contributed by atoms with Crippen LogP contribution in [-0.4, -0.2) is 15.8 Å². The summed E-state index contributed by atoms with van der Waals surface area (Å²) in [4.78, 5) is 8.23. The number of amidine groups is 1. The number of benzene rings is 1. The Balaban J connectivity index is 2.55. The maximum atomic E-state index is 7.73. The SMILES string of the molecule is Cc1c(C(=N)N=NN)ncnc1-c1ccc(Cl)c(Cl)c1. The fourth-order valence-electron chi connectivity index (χ4n) is 1.73. The number of hydrogen-bond acceptors (Lipinski definition) is 4. The summed E-state index contributed by atoms with van der Waals surface area (Å²) in [7, 11) is 0. The molecule has 3 N–H and O–H groups in total. The van der Waals surface area contributed by atoms with Gasteiger partial charge in [0.05, 0.1) is 15.7 Å². The van der Waals surface area contributed by atoms with Gasteiger partial charge in [0.2, 0.25) is 0 Å². The second kappa shape index (κ2) is 5.94. The Morgan fingerprint density at radius 3 is 2.65 bits per heavy atom. The van der Waals surface area contributed by atoms with E-state index in [2.05, 4.69) is 20.3 Å². The summed E-state index contributed by atoms with van der Waals surface area (Å²) >= 11 is 11.9. The van der Waals surface area contributed by atoms with E-state index in [-0.39, 0.29) is 5.84 Å². The van der Waals surface area contributed by atoms with Crippen molar-refractivity contribution in [2.45, 2.75) is 6.92 Å². The lowest BCUT2D eigenvalue weighted by Crippen LogP contribution is -2.05. The van der Waals surface area contributed by atoms with Gasteiger partial charge in [-0.15, -0.1) is 5.11 Å². The fraction of sp³-hybridized carbons (Fsp3) is 0.0833. The molecule has 20 heavy (non-hydrogen) atoms. The van der Waals surface area contributed by atoms with Crippen LogP contribution in [0.1, 0.15) is 11.3 Å². The molecule has 0 spiro atoms. The van der Waals surface area contributed by atoms with Crippen LogP contribution in [0.25, 0.3) is 11.3 Å². The topological polar surface area (TPSA) is 100 Å². The molecular weight excluding hydrogens is 299 g/mol. The van der Waals surface area contributed by atoms with Crippen LogP contribution >= 0.6 is 23.2 Å². The van der Waals surface area contributed by atoms with Crippen molar-refractivity contribution in [3.8, 4) is 11.3 Å². The summed E-state index contributed by atoms with van der Waals surface area (Å²) in [6.45, 7) is 1.79. The molecule has 0 unspecified atom stereocenters. The van der Waals surface area contributed by atoms with Crippen LogP contribution in [0.4, 0.5) is 0 Å². The monoisotopic (exact) mass is 308 g/mol. The van der Waals surface area contributed by atoms with Crippen LogP contribution in [0, 0.1) is 12.3 Å². The van der Waals surface area contributed by atoms with E-state index in [9.17, 15) is 0 Å². The lowest BCUT2D eigenvalue weighted by Gasteiger charge is -2.08. The predicted octanol–water partition coefficient (Wildman–Crippen LogP) is 3.41. The van der Waals surface area contributed by atoms with Crippen molar-refractivity contribution in [2.75, 3.05) is 0 Å². The highest BCUT2D eigenvalue weighted by Gasteiger charge is 2.13. The first kappa shape index (κ1) is 14.4. The third-order valence-electron chi connectivity index (χ3n) is 2.66. The minimum absolute atomic E-state index is 0.131. The van der Waals surface area contributed by atoms with Gasteiger partial charge in [-0.1, -0.05) is 34.5 Å². The van der Waals surface area contributed by atoms with E-state index in [1.165, 1.54) is 6.33 Å². The lowest BCUT2D eigenvalue weighted by molar-refractivity contribution is 1.05. The highest BCUT2D eigenvalue weighted by molar-refractivity contribution is 6.42. The van der Waals surface area contributed by atoms with Crippen LogP contribution in [0.5, 0.6) is 0 Å². The smallest absolute Gasteiger partial charge is 0.195 e. The second-order valence-corrected chi connectivity index (χ2v) is 4.70. The minimum Gasteiger partial charge on any atom is -0.305 e. The molecule has 0 bridgehead atoms. The third kappa shape index (κ3) is 2.76. The van der Waals surface area contributed by atoms with Crippen LogP contribution in [0.2, 0.25) is 10.0 Å². The molecule has 0 aliphatic carbocycles. The average molecular weight is 309 g/mol. The Morgan fingerprint density at radius 2 is 2.00 bits per heavy atom. The van der Waals surface area contributed by atoms with Crippen molar-refractivity contribution in [1.82, 2.24) is 9.97 Å². The second-order valence-electron chi connectivity index (χ2n) is 3.89. The van der Waals surface area contributed by atoms with Gasteiger partial charge >= 0.3 is 0 Å². The minimum atomic E-state index is -0.131. The zero-order valence-electron chi connectivity index (χ0n) is 10.4. The zero-order valence-corrected chi connectivity index (χ0v) is 11.9. The first-order chi connectivity index (χ1) is 9.54. The van der Waals surface area contributed by atoms with E-state index >= 15 is 0 Å². The molecule has 1 aromatic heterocycles. The van der Waals surface area contributed by atoms with Gasteiger partial charge in [0.1, 0.15) is 12.0 Å².